The van der Waals surface area contributed by atoms with Crippen molar-refractivity contribution in [2.45, 2.75) is 10.8 Å². The highest BCUT2D eigenvalue weighted by Gasteiger charge is 2.21. The van der Waals surface area contributed by atoms with Gasteiger partial charge in [0.2, 0.25) is 0 Å². The van der Waals surface area contributed by atoms with E-state index < -0.39 is 0 Å². The third-order valence-electron chi connectivity index (χ3n) is 5.55. The van der Waals surface area contributed by atoms with Crippen LogP contribution in [-0.4, -0.2) is 20.2 Å². The predicted octanol–water partition coefficient (Wildman–Crippen LogP) is 7.91. The highest BCUT2D eigenvalue weighted by Crippen LogP contribution is 2.44. The number of rotatable bonds is 5. The van der Waals surface area contributed by atoms with Gasteiger partial charge in [0.05, 0.1) is 10.2 Å². The molecule has 6 aromatic rings. The zero-order valence-corrected chi connectivity index (χ0v) is 20.2. The molecule has 0 aliphatic heterocycles. The van der Waals surface area contributed by atoms with Gasteiger partial charge in [-0.15, -0.1) is 33.3 Å². The van der Waals surface area contributed by atoms with Gasteiger partial charge in [-0.3, -0.25) is 0 Å². The second kappa shape index (κ2) is 9.14. The molecule has 4 nitrogen and oxygen atoms in total. The van der Waals surface area contributed by atoms with Gasteiger partial charge in [0.1, 0.15) is 21.9 Å². The molecular formula is C27H17ClN4S2. The highest BCUT2D eigenvalue weighted by molar-refractivity contribution is 7.98. The number of hydrogen-bond acceptors (Lipinski definition) is 6. The summed E-state index contributed by atoms with van der Waals surface area (Å²) in [5.41, 5.74) is 6.14. The zero-order valence-electron chi connectivity index (χ0n) is 17.9. The highest BCUT2D eigenvalue weighted by atomic mass is 35.5. The molecule has 0 saturated carbocycles. The molecule has 164 valence electrons. The van der Waals surface area contributed by atoms with Crippen LogP contribution in [-0.2, 0) is 5.75 Å². The van der Waals surface area contributed by atoms with Crippen LogP contribution in [0, 0.1) is 0 Å². The van der Waals surface area contributed by atoms with E-state index in [1.165, 1.54) is 5.56 Å². The summed E-state index contributed by atoms with van der Waals surface area (Å²) in [6.07, 6.45) is 1.65. The van der Waals surface area contributed by atoms with Crippen LogP contribution in [0.25, 0.3) is 42.8 Å². The number of thioether (sulfide) groups is 1. The smallest absolute Gasteiger partial charge is 0.149 e. The molecule has 3 aromatic carbocycles. The molecule has 0 bridgehead atoms. The molecule has 3 heterocycles. The molecular weight excluding hydrogens is 480 g/mol. The summed E-state index contributed by atoms with van der Waals surface area (Å²) in [5.74, 6) is 0.796. The summed E-state index contributed by atoms with van der Waals surface area (Å²) in [6, 6.07) is 28.5. The zero-order chi connectivity index (χ0) is 22.9. The first-order chi connectivity index (χ1) is 16.8. The summed E-state index contributed by atoms with van der Waals surface area (Å²) in [4.78, 5) is 10.2. The molecule has 0 fully saturated rings. The lowest BCUT2D eigenvalue weighted by Crippen LogP contribution is -1.94. The van der Waals surface area contributed by atoms with Gasteiger partial charge in [-0.2, -0.15) is 0 Å². The van der Waals surface area contributed by atoms with Crippen LogP contribution in [0.15, 0.2) is 96.3 Å². The Morgan fingerprint density at radius 1 is 0.765 bits per heavy atom. The molecule has 0 radical (unpaired) electrons. The van der Waals surface area contributed by atoms with Crippen LogP contribution < -0.4 is 0 Å². The molecule has 6 rings (SSSR count). The van der Waals surface area contributed by atoms with Gasteiger partial charge in [0.25, 0.3) is 0 Å². The van der Waals surface area contributed by atoms with Crippen molar-refractivity contribution in [2.75, 3.05) is 0 Å². The maximum atomic E-state index is 6.04. The molecule has 0 saturated heterocycles. The number of aromatic nitrogens is 4. The Balaban J connectivity index is 1.54. The second-order valence-corrected chi connectivity index (χ2v) is 10.1. The van der Waals surface area contributed by atoms with Gasteiger partial charge in [0.15, 0.2) is 0 Å². The summed E-state index contributed by atoms with van der Waals surface area (Å²) >= 11 is 9.33. The molecule has 3 aromatic heterocycles. The van der Waals surface area contributed by atoms with Crippen molar-refractivity contribution < 1.29 is 0 Å². The molecule has 0 aliphatic rings. The molecule has 0 amide bonds. The number of hydrogen-bond donors (Lipinski definition) is 0. The first-order valence-corrected chi connectivity index (χ1v) is 12.9. The Kier molecular flexibility index (Phi) is 5.71. The van der Waals surface area contributed by atoms with E-state index >= 15 is 0 Å². The van der Waals surface area contributed by atoms with Crippen LogP contribution in [0.4, 0.5) is 0 Å². The standard InChI is InChI=1S/C27H17ClN4S2/c28-20-13-11-17(12-14-20)15-33-27-25-24(29-16-30-27)22-21(18-7-3-1-4-8-18)23(31-32-26(22)34-25)19-9-5-2-6-10-19/h1-14,16H,15H2. The Morgan fingerprint density at radius 3 is 2.21 bits per heavy atom. The van der Waals surface area contributed by atoms with E-state index in [9.17, 15) is 0 Å². The topological polar surface area (TPSA) is 51.6 Å². The monoisotopic (exact) mass is 496 g/mol. The fourth-order valence-electron chi connectivity index (χ4n) is 3.96. The van der Waals surface area contributed by atoms with Gasteiger partial charge in [-0.1, -0.05) is 84.4 Å². The van der Waals surface area contributed by atoms with Gasteiger partial charge < -0.3 is 0 Å². The second-order valence-electron chi connectivity index (χ2n) is 7.71. The van der Waals surface area contributed by atoms with Crippen molar-refractivity contribution in [1.82, 2.24) is 20.2 Å². The lowest BCUT2D eigenvalue weighted by Gasteiger charge is -2.10. The van der Waals surface area contributed by atoms with Crippen LogP contribution in [0.2, 0.25) is 5.02 Å². The van der Waals surface area contributed by atoms with Gasteiger partial charge in [-0.25, -0.2) is 9.97 Å². The number of fused-ring (bicyclic) bond motifs is 3. The number of thiophene rings is 1. The summed E-state index contributed by atoms with van der Waals surface area (Å²) in [7, 11) is 0. The Hall–Kier alpha value is -3.32. The summed E-state index contributed by atoms with van der Waals surface area (Å²) in [6.45, 7) is 0. The van der Waals surface area contributed by atoms with E-state index in [-0.39, 0.29) is 0 Å². The Morgan fingerprint density at radius 2 is 1.47 bits per heavy atom. The normalized spacial score (nSPS) is 11.3. The van der Waals surface area contributed by atoms with Crippen molar-refractivity contribution in [1.29, 1.82) is 0 Å². The van der Waals surface area contributed by atoms with Crippen LogP contribution in [0.5, 0.6) is 0 Å². The minimum atomic E-state index is 0.740. The quantitative estimate of drug-likeness (QED) is 0.179. The van der Waals surface area contributed by atoms with Crippen molar-refractivity contribution >= 4 is 55.1 Å². The maximum absolute atomic E-state index is 6.04. The number of nitrogens with zero attached hydrogens (tertiary/aromatic N) is 4. The van der Waals surface area contributed by atoms with E-state index in [0.29, 0.717) is 0 Å². The first-order valence-electron chi connectivity index (χ1n) is 10.7. The van der Waals surface area contributed by atoms with Crippen molar-refractivity contribution in [3.8, 4) is 22.4 Å². The minimum absolute atomic E-state index is 0.740. The molecule has 7 heteroatoms. The van der Waals surface area contributed by atoms with Crippen LogP contribution in [0.1, 0.15) is 5.56 Å². The summed E-state index contributed by atoms with van der Waals surface area (Å²) < 4.78 is 1.04. The maximum Gasteiger partial charge on any atom is 0.149 e. The molecule has 0 N–H and O–H groups in total. The van der Waals surface area contributed by atoms with E-state index in [1.807, 2.05) is 60.7 Å². The fourth-order valence-corrected chi connectivity index (χ4v) is 6.20. The third-order valence-corrected chi connectivity index (χ3v) is 8.06. The van der Waals surface area contributed by atoms with Crippen molar-refractivity contribution in [3.63, 3.8) is 0 Å². The SMILES string of the molecule is Clc1ccc(CSc2ncnc3c2sc2nnc(-c4ccccc4)c(-c4ccccc4)c23)cc1. The molecule has 0 aliphatic carbocycles. The van der Waals surface area contributed by atoms with E-state index in [0.717, 1.165) is 58.6 Å². The van der Waals surface area contributed by atoms with Gasteiger partial charge in [0, 0.05) is 27.3 Å². The molecule has 0 spiro atoms. The molecule has 34 heavy (non-hydrogen) atoms. The predicted molar refractivity (Wildman–Crippen MR) is 142 cm³/mol. The largest absolute Gasteiger partial charge is 0.235 e. The fraction of sp³-hybridized carbons (Fsp3) is 0.0370. The van der Waals surface area contributed by atoms with Crippen molar-refractivity contribution in [3.05, 3.63) is 102 Å². The van der Waals surface area contributed by atoms with Crippen LogP contribution in [0.3, 0.4) is 0 Å². The minimum Gasteiger partial charge on any atom is -0.235 e. The Bertz CT molecular complexity index is 1600. The Labute approximate surface area is 209 Å². The van der Waals surface area contributed by atoms with E-state index in [1.54, 1.807) is 29.4 Å². The van der Waals surface area contributed by atoms with Crippen LogP contribution >= 0.6 is 34.7 Å². The van der Waals surface area contributed by atoms with Crippen molar-refractivity contribution in [2.24, 2.45) is 0 Å². The summed E-state index contributed by atoms with van der Waals surface area (Å²) in [5, 5.41) is 12.0. The van der Waals surface area contributed by atoms with E-state index in [2.05, 4.69) is 39.4 Å². The number of benzene rings is 3. The average Bonchev–Trinajstić information content (AvgIpc) is 3.28. The van der Waals surface area contributed by atoms with Gasteiger partial charge >= 0.3 is 0 Å². The third kappa shape index (κ3) is 3.94. The van der Waals surface area contributed by atoms with E-state index in [4.69, 9.17) is 16.6 Å². The lowest BCUT2D eigenvalue weighted by molar-refractivity contribution is 1.09. The van der Waals surface area contributed by atoms with Gasteiger partial charge in [-0.05, 0) is 23.3 Å². The average molecular weight is 497 g/mol. The lowest BCUT2D eigenvalue weighted by atomic mass is 9.97. The first kappa shape index (κ1) is 21.2. The number of halogens is 1. The molecule has 0 unspecified atom stereocenters. The molecule has 0 atom stereocenters.